The summed E-state index contributed by atoms with van der Waals surface area (Å²) >= 11 is 2.30. The molecule has 98 valence electrons. The fourth-order valence-electron chi connectivity index (χ4n) is 2.44. The fraction of sp³-hybridized carbons (Fsp3) is 0.250. The van der Waals surface area contributed by atoms with E-state index in [9.17, 15) is 5.11 Å². The smallest absolute Gasteiger partial charge is 0.122 e. The van der Waals surface area contributed by atoms with Crippen LogP contribution in [0.1, 0.15) is 28.4 Å². The van der Waals surface area contributed by atoms with Gasteiger partial charge in [0.2, 0.25) is 0 Å². The van der Waals surface area contributed by atoms with E-state index in [1.54, 1.807) is 0 Å². The Morgan fingerprint density at radius 1 is 1.26 bits per heavy atom. The zero-order chi connectivity index (χ0) is 13.4. The molecule has 0 bridgehead atoms. The van der Waals surface area contributed by atoms with E-state index in [0.29, 0.717) is 0 Å². The van der Waals surface area contributed by atoms with Crippen LogP contribution in [0.4, 0.5) is 0 Å². The van der Waals surface area contributed by atoms with Gasteiger partial charge >= 0.3 is 0 Å². The van der Waals surface area contributed by atoms with Crippen molar-refractivity contribution in [3.8, 4) is 5.75 Å². The highest BCUT2D eigenvalue weighted by atomic mass is 127. The van der Waals surface area contributed by atoms with Gasteiger partial charge in [-0.3, -0.25) is 0 Å². The molecule has 1 atom stereocenters. The van der Waals surface area contributed by atoms with Crippen LogP contribution in [-0.4, -0.2) is 11.7 Å². The topological polar surface area (TPSA) is 29.5 Å². The van der Waals surface area contributed by atoms with Crippen LogP contribution >= 0.6 is 22.6 Å². The third kappa shape index (κ3) is 2.37. The third-order valence-corrected chi connectivity index (χ3v) is 5.02. The molecule has 0 amide bonds. The van der Waals surface area contributed by atoms with Crippen LogP contribution in [0.3, 0.4) is 0 Å². The first kappa shape index (κ1) is 12.9. The van der Waals surface area contributed by atoms with Crippen molar-refractivity contribution < 1.29 is 9.84 Å². The Labute approximate surface area is 126 Å². The Morgan fingerprint density at radius 3 is 2.95 bits per heavy atom. The first-order chi connectivity index (χ1) is 9.16. The predicted molar refractivity (Wildman–Crippen MR) is 83.6 cm³/mol. The van der Waals surface area contributed by atoms with E-state index in [-0.39, 0.29) is 0 Å². The number of aryl methyl sites for hydroxylation is 1. The van der Waals surface area contributed by atoms with Crippen LogP contribution in [0, 0.1) is 10.5 Å². The Hall–Kier alpha value is -1.07. The Kier molecular flexibility index (Phi) is 3.50. The maximum atomic E-state index is 10.6. The van der Waals surface area contributed by atoms with E-state index < -0.39 is 6.10 Å². The van der Waals surface area contributed by atoms with Gasteiger partial charge in [0.1, 0.15) is 11.9 Å². The minimum Gasteiger partial charge on any atom is -0.493 e. The average Bonchev–Trinajstić information content (AvgIpc) is 2.88. The quantitative estimate of drug-likeness (QED) is 0.823. The number of hydrogen-bond acceptors (Lipinski definition) is 2. The Morgan fingerprint density at radius 2 is 2.11 bits per heavy atom. The molecule has 3 heteroatoms. The van der Waals surface area contributed by atoms with Crippen LogP contribution in [0.2, 0.25) is 0 Å². The van der Waals surface area contributed by atoms with E-state index >= 15 is 0 Å². The highest BCUT2D eigenvalue weighted by Crippen LogP contribution is 2.32. The number of aliphatic hydroxyl groups excluding tert-OH is 1. The second-order valence-electron chi connectivity index (χ2n) is 4.85. The lowest BCUT2D eigenvalue weighted by atomic mass is 9.98. The van der Waals surface area contributed by atoms with Gasteiger partial charge in [0.25, 0.3) is 0 Å². The molecule has 1 heterocycles. The van der Waals surface area contributed by atoms with Crippen LogP contribution in [-0.2, 0) is 6.42 Å². The molecular weight excluding hydrogens is 351 g/mol. The van der Waals surface area contributed by atoms with Gasteiger partial charge < -0.3 is 9.84 Å². The zero-order valence-electron chi connectivity index (χ0n) is 10.7. The van der Waals surface area contributed by atoms with Crippen molar-refractivity contribution in [2.45, 2.75) is 19.4 Å². The normalized spacial score (nSPS) is 14.9. The van der Waals surface area contributed by atoms with Crippen LogP contribution in [0.15, 0.2) is 36.4 Å². The number of halogens is 1. The maximum absolute atomic E-state index is 10.6. The first-order valence-corrected chi connectivity index (χ1v) is 7.43. The van der Waals surface area contributed by atoms with Gasteiger partial charge in [-0.2, -0.15) is 0 Å². The molecule has 0 saturated carbocycles. The number of hydrogen-bond donors (Lipinski definition) is 1. The molecule has 2 aromatic rings. The monoisotopic (exact) mass is 366 g/mol. The second kappa shape index (κ2) is 5.13. The Bertz CT molecular complexity index is 622. The second-order valence-corrected chi connectivity index (χ2v) is 5.93. The summed E-state index contributed by atoms with van der Waals surface area (Å²) in [5.41, 5.74) is 4.30. The molecule has 3 rings (SSSR count). The lowest BCUT2D eigenvalue weighted by Crippen LogP contribution is -2.03. The summed E-state index contributed by atoms with van der Waals surface area (Å²) in [7, 11) is 0. The lowest BCUT2D eigenvalue weighted by molar-refractivity contribution is 0.219. The minimum atomic E-state index is -0.572. The summed E-state index contributed by atoms with van der Waals surface area (Å²) in [5.74, 6) is 0.954. The molecule has 2 aromatic carbocycles. The Balaban J connectivity index is 2.00. The fourth-order valence-corrected chi connectivity index (χ4v) is 3.09. The minimum absolute atomic E-state index is 0.572. The number of rotatable bonds is 2. The summed E-state index contributed by atoms with van der Waals surface area (Å²) in [6.45, 7) is 2.81. The lowest BCUT2D eigenvalue weighted by Gasteiger charge is -2.15. The molecule has 1 unspecified atom stereocenters. The van der Waals surface area contributed by atoms with Gasteiger partial charge in [0.05, 0.1) is 6.61 Å². The molecule has 0 aliphatic carbocycles. The van der Waals surface area contributed by atoms with Crippen molar-refractivity contribution >= 4 is 22.6 Å². The average molecular weight is 366 g/mol. The SMILES string of the molecule is Cc1cccc(C(O)c2ccc3c(c2)CCO3)c1I. The summed E-state index contributed by atoms with van der Waals surface area (Å²) < 4.78 is 6.63. The van der Waals surface area contributed by atoms with E-state index in [1.165, 1.54) is 11.1 Å². The van der Waals surface area contributed by atoms with Gasteiger partial charge in [-0.05, 0) is 63.9 Å². The van der Waals surface area contributed by atoms with Crippen molar-refractivity contribution in [1.82, 2.24) is 0 Å². The molecule has 0 spiro atoms. The van der Waals surface area contributed by atoms with E-state index in [4.69, 9.17) is 4.74 Å². The largest absolute Gasteiger partial charge is 0.493 e. The van der Waals surface area contributed by atoms with Crippen LogP contribution < -0.4 is 4.74 Å². The van der Waals surface area contributed by atoms with E-state index in [0.717, 1.165) is 33.5 Å². The van der Waals surface area contributed by atoms with Gasteiger partial charge in [0, 0.05) is 9.99 Å². The number of ether oxygens (including phenoxy) is 1. The molecule has 1 aliphatic heterocycles. The highest BCUT2D eigenvalue weighted by Gasteiger charge is 2.18. The molecule has 19 heavy (non-hydrogen) atoms. The zero-order valence-corrected chi connectivity index (χ0v) is 12.8. The molecular formula is C16H15IO2. The summed E-state index contributed by atoms with van der Waals surface area (Å²) in [5, 5.41) is 10.6. The molecule has 0 aromatic heterocycles. The van der Waals surface area contributed by atoms with Crippen molar-refractivity contribution in [1.29, 1.82) is 0 Å². The van der Waals surface area contributed by atoms with Gasteiger partial charge in [-0.15, -0.1) is 0 Å². The number of aliphatic hydroxyl groups is 1. The van der Waals surface area contributed by atoms with Gasteiger partial charge in [-0.25, -0.2) is 0 Å². The highest BCUT2D eigenvalue weighted by molar-refractivity contribution is 14.1. The molecule has 0 fully saturated rings. The van der Waals surface area contributed by atoms with Crippen molar-refractivity contribution in [2.24, 2.45) is 0 Å². The van der Waals surface area contributed by atoms with Gasteiger partial charge in [0.15, 0.2) is 0 Å². The number of fused-ring (bicyclic) bond motifs is 1. The molecule has 0 saturated heterocycles. The summed E-state index contributed by atoms with van der Waals surface area (Å²) in [4.78, 5) is 0. The van der Waals surface area contributed by atoms with Crippen LogP contribution in [0.25, 0.3) is 0 Å². The van der Waals surface area contributed by atoms with Crippen molar-refractivity contribution in [3.05, 3.63) is 62.2 Å². The van der Waals surface area contributed by atoms with E-state index in [2.05, 4.69) is 41.6 Å². The molecule has 1 N–H and O–H groups in total. The van der Waals surface area contributed by atoms with E-state index in [1.807, 2.05) is 24.3 Å². The maximum Gasteiger partial charge on any atom is 0.122 e. The molecule has 0 radical (unpaired) electrons. The summed E-state index contributed by atoms with van der Waals surface area (Å²) in [6, 6.07) is 12.0. The molecule has 1 aliphatic rings. The van der Waals surface area contributed by atoms with Crippen LogP contribution in [0.5, 0.6) is 5.75 Å². The van der Waals surface area contributed by atoms with Gasteiger partial charge in [-0.1, -0.05) is 24.3 Å². The summed E-state index contributed by atoms with van der Waals surface area (Å²) in [6.07, 6.45) is 0.360. The standard InChI is InChI=1S/C16H15IO2/c1-10-3-2-4-13(15(10)17)16(18)12-5-6-14-11(9-12)7-8-19-14/h2-6,9,16,18H,7-8H2,1H3. The predicted octanol–water partition coefficient (Wildman–Crippen LogP) is 3.62. The van der Waals surface area contributed by atoms with Crippen molar-refractivity contribution in [2.75, 3.05) is 6.61 Å². The third-order valence-electron chi connectivity index (χ3n) is 3.55. The number of benzene rings is 2. The van der Waals surface area contributed by atoms with Crippen molar-refractivity contribution in [3.63, 3.8) is 0 Å². The molecule has 2 nitrogen and oxygen atoms in total. The first-order valence-electron chi connectivity index (χ1n) is 6.35.